The lowest BCUT2D eigenvalue weighted by Gasteiger charge is -2.37. The zero-order valence-corrected chi connectivity index (χ0v) is 11.0. The van der Waals surface area contributed by atoms with Gasteiger partial charge in [-0.1, -0.05) is 20.3 Å². The predicted octanol–water partition coefficient (Wildman–Crippen LogP) is 1.49. The molecule has 0 aromatic carbocycles. The molecule has 0 amide bonds. The number of morpholine rings is 1. The van der Waals surface area contributed by atoms with Crippen LogP contribution in [0.2, 0.25) is 0 Å². The monoisotopic (exact) mass is 226 g/mol. The lowest BCUT2D eigenvalue weighted by Crippen LogP contribution is -2.48. The number of ether oxygens (including phenoxy) is 1. The summed E-state index contributed by atoms with van der Waals surface area (Å²) in [5.74, 6) is 0. The Morgan fingerprint density at radius 2 is 2.25 bits per heavy atom. The van der Waals surface area contributed by atoms with Crippen LogP contribution in [0.4, 0.5) is 0 Å². The number of hydrogen-bond donors (Lipinski definition) is 1. The summed E-state index contributed by atoms with van der Waals surface area (Å²) in [5, 5.41) is 3.40. The molecule has 2 atom stereocenters. The smallest absolute Gasteiger partial charge is 0.0826 e. The second-order valence-electron chi connectivity index (χ2n) is 6.03. The molecule has 2 aliphatic rings. The van der Waals surface area contributed by atoms with E-state index < -0.39 is 0 Å². The highest BCUT2D eigenvalue weighted by Crippen LogP contribution is 2.40. The van der Waals surface area contributed by atoms with Crippen molar-refractivity contribution in [2.75, 3.05) is 33.3 Å². The molecule has 1 aliphatic heterocycles. The molecule has 2 unspecified atom stereocenters. The largest absolute Gasteiger partial charge is 0.374 e. The Morgan fingerprint density at radius 1 is 1.44 bits per heavy atom. The third-order valence-electron chi connectivity index (χ3n) is 4.23. The van der Waals surface area contributed by atoms with Crippen molar-refractivity contribution in [1.82, 2.24) is 10.2 Å². The molecule has 2 rings (SSSR count). The fourth-order valence-electron chi connectivity index (χ4n) is 3.31. The molecular formula is C13H26N2O. The molecule has 1 heterocycles. The molecular weight excluding hydrogens is 200 g/mol. The van der Waals surface area contributed by atoms with E-state index in [9.17, 15) is 0 Å². The standard InChI is InChI=1S/C13H26N2O/c1-13(2)6-4-5-12(13)15(3)10-11-9-14-7-8-16-11/h11-12,14H,4-10H2,1-3H3. The van der Waals surface area contributed by atoms with Crippen LogP contribution in [0, 0.1) is 5.41 Å². The van der Waals surface area contributed by atoms with E-state index in [1.165, 1.54) is 19.3 Å². The van der Waals surface area contributed by atoms with Gasteiger partial charge in [0.15, 0.2) is 0 Å². The molecule has 1 aliphatic carbocycles. The van der Waals surface area contributed by atoms with Crippen LogP contribution in [0.25, 0.3) is 0 Å². The molecule has 1 N–H and O–H groups in total. The minimum Gasteiger partial charge on any atom is -0.374 e. The molecule has 16 heavy (non-hydrogen) atoms. The number of nitrogens with zero attached hydrogens (tertiary/aromatic N) is 1. The summed E-state index contributed by atoms with van der Waals surface area (Å²) in [6.07, 6.45) is 4.48. The number of nitrogens with one attached hydrogen (secondary N) is 1. The summed E-state index contributed by atoms with van der Waals surface area (Å²) in [7, 11) is 2.26. The Morgan fingerprint density at radius 3 is 2.81 bits per heavy atom. The fourth-order valence-corrected chi connectivity index (χ4v) is 3.31. The van der Waals surface area contributed by atoms with Crippen molar-refractivity contribution in [3.8, 4) is 0 Å². The van der Waals surface area contributed by atoms with Gasteiger partial charge in [0.1, 0.15) is 0 Å². The third kappa shape index (κ3) is 2.76. The van der Waals surface area contributed by atoms with Crippen molar-refractivity contribution in [1.29, 1.82) is 0 Å². The van der Waals surface area contributed by atoms with Crippen molar-refractivity contribution in [2.45, 2.75) is 45.3 Å². The van der Waals surface area contributed by atoms with Gasteiger partial charge in [-0.15, -0.1) is 0 Å². The van der Waals surface area contributed by atoms with E-state index in [4.69, 9.17) is 4.74 Å². The van der Waals surface area contributed by atoms with Crippen LogP contribution < -0.4 is 5.32 Å². The zero-order chi connectivity index (χ0) is 11.6. The minimum absolute atomic E-state index is 0.384. The normalized spacial score (nSPS) is 34.5. The van der Waals surface area contributed by atoms with Gasteiger partial charge in [-0.3, -0.25) is 0 Å². The van der Waals surface area contributed by atoms with Crippen LogP contribution in [0.15, 0.2) is 0 Å². The Hall–Kier alpha value is -0.120. The highest BCUT2D eigenvalue weighted by Gasteiger charge is 2.37. The van der Waals surface area contributed by atoms with Crippen LogP contribution in [0.5, 0.6) is 0 Å². The third-order valence-corrected chi connectivity index (χ3v) is 4.23. The van der Waals surface area contributed by atoms with Gasteiger partial charge >= 0.3 is 0 Å². The van der Waals surface area contributed by atoms with E-state index >= 15 is 0 Å². The summed E-state index contributed by atoms with van der Waals surface area (Å²) in [5.41, 5.74) is 0.483. The molecule has 94 valence electrons. The molecule has 0 aromatic rings. The van der Waals surface area contributed by atoms with E-state index in [1.807, 2.05) is 0 Å². The van der Waals surface area contributed by atoms with Gasteiger partial charge in [0.05, 0.1) is 12.7 Å². The molecule has 0 radical (unpaired) electrons. The number of rotatable bonds is 3. The molecule has 2 fully saturated rings. The lowest BCUT2D eigenvalue weighted by atomic mass is 9.86. The van der Waals surface area contributed by atoms with Crippen molar-refractivity contribution in [2.24, 2.45) is 5.41 Å². The van der Waals surface area contributed by atoms with Gasteiger partial charge in [0, 0.05) is 25.7 Å². The molecule has 1 saturated carbocycles. The van der Waals surface area contributed by atoms with Crippen molar-refractivity contribution >= 4 is 0 Å². The maximum Gasteiger partial charge on any atom is 0.0826 e. The Kier molecular flexibility index (Phi) is 3.88. The van der Waals surface area contributed by atoms with Crippen molar-refractivity contribution in [3.63, 3.8) is 0 Å². The SMILES string of the molecule is CN(CC1CNCCO1)C1CCCC1(C)C. The van der Waals surface area contributed by atoms with Gasteiger partial charge in [-0.25, -0.2) is 0 Å². The molecule has 1 saturated heterocycles. The Balaban J connectivity index is 1.84. The Labute approximate surface area is 99.5 Å². The number of likely N-dealkylation sites (N-methyl/N-ethyl adjacent to an activating group) is 1. The van der Waals surface area contributed by atoms with Crippen LogP contribution in [0.1, 0.15) is 33.1 Å². The fraction of sp³-hybridized carbons (Fsp3) is 1.00. The van der Waals surface area contributed by atoms with Crippen molar-refractivity contribution in [3.05, 3.63) is 0 Å². The summed E-state index contributed by atoms with van der Waals surface area (Å²) in [6.45, 7) is 8.77. The minimum atomic E-state index is 0.384. The molecule has 0 bridgehead atoms. The first-order valence-electron chi connectivity index (χ1n) is 6.62. The van der Waals surface area contributed by atoms with Crippen molar-refractivity contribution < 1.29 is 4.74 Å². The highest BCUT2D eigenvalue weighted by molar-refractivity contribution is 4.91. The maximum atomic E-state index is 5.77. The van der Waals surface area contributed by atoms with Gasteiger partial charge in [0.2, 0.25) is 0 Å². The first-order chi connectivity index (χ1) is 7.59. The summed E-state index contributed by atoms with van der Waals surface area (Å²) < 4.78 is 5.77. The van der Waals surface area contributed by atoms with Crippen LogP contribution in [-0.4, -0.2) is 50.3 Å². The first-order valence-corrected chi connectivity index (χ1v) is 6.62. The van der Waals surface area contributed by atoms with Gasteiger partial charge in [0.25, 0.3) is 0 Å². The number of hydrogen-bond acceptors (Lipinski definition) is 3. The first kappa shape index (κ1) is 12.3. The summed E-state index contributed by atoms with van der Waals surface area (Å²) in [6, 6.07) is 0.734. The topological polar surface area (TPSA) is 24.5 Å². The van der Waals surface area contributed by atoms with Crippen LogP contribution >= 0.6 is 0 Å². The van der Waals surface area contributed by atoms with Gasteiger partial charge in [-0.2, -0.15) is 0 Å². The predicted molar refractivity (Wildman–Crippen MR) is 66.7 cm³/mol. The molecule has 0 spiro atoms. The van der Waals surface area contributed by atoms with E-state index in [-0.39, 0.29) is 0 Å². The van der Waals surface area contributed by atoms with Gasteiger partial charge in [-0.05, 0) is 25.3 Å². The lowest BCUT2D eigenvalue weighted by molar-refractivity contribution is -0.00586. The average Bonchev–Trinajstić information content (AvgIpc) is 2.59. The molecule has 0 aromatic heterocycles. The van der Waals surface area contributed by atoms with E-state index in [1.54, 1.807) is 0 Å². The van der Waals surface area contributed by atoms with Gasteiger partial charge < -0.3 is 15.0 Å². The van der Waals surface area contributed by atoms with E-state index in [2.05, 4.69) is 31.1 Å². The average molecular weight is 226 g/mol. The summed E-state index contributed by atoms with van der Waals surface area (Å²) in [4.78, 5) is 2.52. The summed E-state index contributed by atoms with van der Waals surface area (Å²) >= 11 is 0. The second kappa shape index (κ2) is 5.03. The van der Waals surface area contributed by atoms with Crippen LogP contribution in [-0.2, 0) is 4.74 Å². The second-order valence-corrected chi connectivity index (χ2v) is 6.03. The zero-order valence-electron chi connectivity index (χ0n) is 11.0. The van der Waals surface area contributed by atoms with E-state index in [0.29, 0.717) is 11.5 Å². The van der Waals surface area contributed by atoms with E-state index in [0.717, 1.165) is 32.3 Å². The van der Waals surface area contributed by atoms with Crippen LogP contribution in [0.3, 0.4) is 0 Å². The maximum absolute atomic E-state index is 5.77. The quantitative estimate of drug-likeness (QED) is 0.789. The highest BCUT2D eigenvalue weighted by atomic mass is 16.5. The Bertz CT molecular complexity index is 224. The molecule has 3 heteroatoms. The molecule has 3 nitrogen and oxygen atoms in total.